The van der Waals surface area contributed by atoms with Crippen LogP contribution in [0.5, 0.6) is 0 Å². The van der Waals surface area contributed by atoms with Gasteiger partial charge in [0.15, 0.2) is 11.5 Å². The Bertz CT molecular complexity index is 603. The molecule has 7 nitrogen and oxygen atoms in total. The zero-order chi connectivity index (χ0) is 16.3. The minimum Gasteiger partial charge on any atom is -0.457 e. The average Bonchev–Trinajstić information content (AvgIpc) is 3.17. The van der Waals surface area contributed by atoms with Crippen LogP contribution in [0.4, 0.5) is 5.69 Å². The third kappa shape index (κ3) is 3.23. The molecule has 1 saturated carbocycles. The van der Waals surface area contributed by atoms with Crippen molar-refractivity contribution in [2.24, 2.45) is 0 Å². The van der Waals surface area contributed by atoms with E-state index in [9.17, 15) is 14.4 Å². The molecule has 1 aliphatic heterocycles. The van der Waals surface area contributed by atoms with E-state index in [2.05, 4.69) is 5.32 Å². The Balaban J connectivity index is 1.71. The molecule has 0 aromatic carbocycles. The fourth-order valence-corrected chi connectivity index (χ4v) is 3.26. The number of hydrogen-bond donors (Lipinski definition) is 1. The van der Waals surface area contributed by atoms with E-state index in [-0.39, 0.29) is 11.7 Å². The molecule has 1 aromatic heterocycles. The summed E-state index contributed by atoms with van der Waals surface area (Å²) in [5, 5.41) is 2.78. The summed E-state index contributed by atoms with van der Waals surface area (Å²) in [7, 11) is 0. The summed E-state index contributed by atoms with van der Waals surface area (Å²) in [5.74, 6) is -0.295. The van der Waals surface area contributed by atoms with Crippen LogP contribution in [0.1, 0.15) is 55.5 Å². The molecule has 3 rings (SSSR count). The predicted molar refractivity (Wildman–Crippen MR) is 80.7 cm³/mol. The van der Waals surface area contributed by atoms with Crippen LogP contribution >= 0.6 is 0 Å². The normalized spacial score (nSPS) is 20.3. The van der Waals surface area contributed by atoms with Crippen LogP contribution in [0, 0.1) is 0 Å². The lowest BCUT2D eigenvalue weighted by Crippen LogP contribution is -2.51. The first-order valence-electron chi connectivity index (χ1n) is 7.96. The number of carbonyl (C=O) groups is 3. The number of rotatable bonds is 5. The van der Waals surface area contributed by atoms with Crippen LogP contribution < -0.4 is 10.2 Å². The molecule has 1 aromatic rings. The smallest absolute Gasteiger partial charge is 0.295 e. The highest BCUT2D eigenvalue weighted by Crippen LogP contribution is 2.30. The van der Waals surface area contributed by atoms with E-state index in [4.69, 9.17) is 9.15 Å². The van der Waals surface area contributed by atoms with E-state index in [1.807, 2.05) is 0 Å². The second kappa shape index (κ2) is 6.44. The van der Waals surface area contributed by atoms with Gasteiger partial charge in [-0.1, -0.05) is 6.42 Å². The number of ether oxygens (including phenoxy) is 1. The summed E-state index contributed by atoms with van der Waals surface area (Å²) in [4.78, 5) is 36.5. The average molecular weight is 320 g/mol. The van der Waals surface area contributed by atoms with Gasteiger partial charge in [0.25, 0.3) is 12.4 Å². The minimum absolute atomic E-state index is 0.0331. The Kier molecular flexibility index (Phi) is 4.36. The van der Waals surface area contributed by atoms with Crippen LogP contribution in [-0.4, -0.2) is 30.6 Å². The maximum absolute atomic E-state index is 12.4. The molecule has 2 amide bonds. The molecule has 0 unspecified atom stereocenters. The number of nitrogens with one attached hydrogen (secondary N) is 1. The Morgan fingerprint density at radius 2 is 2.09 bits per heavy atom. The first kappa shape index (κ1) is 15.6. The van der Waals surface area contributed by atoms with E-state index in [1.54, 1.807) is 11.0 Å². The molecule has 0 bridgehead atoms. The zero-order valence-corrected chi connectivity index (χ0v) is 12.9. The quantitative estimate of drug-likeness (QED) is 0.662. The molecule has 7 heteroatoms. The van der Waals surface area contributed by atoms with Crippen molar-refractivity contribution in [2.45, 2.75) is 50.7 Å². The summed E-state index contributed by atoms with van der Waals surface area (Å²) >= 11 is 0. The number of nitrogens with zero attached hydrogens (tertiary/aromatic N) is 1. The highest BCUT2D eigenvalue weighted by molar-refractivity contribution is 5.98. The Hall–Kier alpha value is -2.31. The Morgan fingerprint density at radius 1 is 1.30 bits per heavy atom. The fourth-order valence-electron chi connectivity index (χ4n) is 3.26. The van der Waals surface area contributed by atoms with Gasteiger partial charge in [-0.3, -0.25) is 14.4 Å². The van der Waals surface area contributed by atoms with Crippen LogP contribution in [0.25, 0.3) is 0 Å². The Labute approximate surface area is 134 Å². The summed E-state index contributed by atoms with van der Waals surface area (Å²) in [5.41, 5.74) is -0.361. The van der Waals surface area contributed by atoms with Gasteiger partial charge in [-0.15, -0.1) is 0 Å². The number of furan rings is 1. The van der Waals surface area contributed by atoms with Crippen molar-refractivity contribution >= 4 is 24.0 Å². The van der Waals surface area contributed by atoms with Crippen LogP contribution in [0.2, 0.25) is 0 Å². The van der Waals surface area contributed by atoms with Crippen molar-refractivity contribution in [3.63, 3.8) is 0 Å². The third-order valence-electron chi connectivity index (χ3n) is 4.47. The van der Waals surface area contributed by atoms with Gasteiger partial charge in [-0.25, -0.2) is 0 Å². The zero-order valence-electron chi connectivity index (χ0n) is 12.9. The molecule has 2 heterocycles. The van der Waals surface area contributed by atoms with Gasteiger partial charge < -0.3 is 19.4 Å². The van der Waals surface area contributed by atoms with Gasteiger partial charge in [0.1, 0.15) is 6.26 Å². The Morgan fingerprint density at radius 3 is 2.74 bits per heavy atom. The van der Waals surface area contributed by atoms with Crippen molar-refractivity contribution in [2.75, 3.05) is 11.4 Å². The van der Waals surface area contributed by atoms with Gasteiger partial charge in [-0.05, 0) is 19.3 Å². The maximum Gasteiger partial charge on any atom is 0.295 e. The highest BCUT2D eigenvalue weighted by atomic mass is 16.6. The van der Waals surface area contributed by atoms with E-state index < -0.39 is 11.6 Å². The van der Waals surface area contributed by atoms with E-state index in [0.717, 1.165) is 25.7 Å². The summed E-state index contributed by atoms with van der Waals surface area (Å²) in [6.45, 7) is 1.01. The van der Waals surface area contributed by atoms with Crippen molar-refractivity contribution in [3.8, 4) is 0 Å². The lowest BCUT2D eigenvalue weighted by Gasteiger charge is -2.35. The summed E-state index contributed by atoms with van der Waals surface area (Å²) in [6, 6.07) is 1.55. The van der Waals surface area contributed by atoms with Crippen molar-refractivity contribution in [3.05, 3.63) is 18.1 Å². The van der Waals surface area contributed by atoms with Gasteiger partial charge in [0, 0.05) is 31.9 Å². The van der Waals surface area contributed by atoms with Crippen LogP contribution in [0.3, 0.4) is 0 Å². The molecule has 0 radical (unpaired) electrons. The topological polar surface area (TPSA) is 88.9 Å². The van der Waals surface area contributed by atoms with E-state index in [1.165, 1.54) is 6.26 Å². The number of amides is 2. The fraction of sp³-hybridized carbons (Fsp3) is 0.562. The van der Waals surface area contributed by atoms with Gasteiger partial charge in [-0.2, -0.15) is 0 Å². The maximum atomic E-state index is 12.4. The molecular formula is C16H20N2O5. The first-order chi connectivity index (χ1) is 11.1. The molecule has 0 spiro atoms. The monoisotopic (exact) mass is 320 g/mol. The molecule has 1 aliphatic carbocycles. The molecule has 1 N–H and O–H groups in total. The second-order valence-corrected chi connectivity index (χ2v) is 6.04. The molecule has 1 saturated heterocycles. The molecule has 2 fully saturated rings. The lowest BCUT2D eigenvalue weighted by atomic mass is 9.91. The van der Waals surface area contributed by atoms with Crippen molar-refractivity contribution in [1.29, 1.82) is 0 Å². The van der Waals surface area contributed by atoms with E-state index >= 15 is 0 Å². The number of carbonyl (C=O) groups excluding carboxylic acids is 3. The van der Waals surface area contributed by atoms with Gasteiger partial charge in [0.05, 0.1) is 5.69 Å². The third-order valence-corrected chi connectivity index (χ3v) is 4.47. The lowest BCUT2D eigenvalue weighted by molar-refractivity contribution is -0.149. The number of anilines is 1. The molecule has 0 atom stereocenters. The van der Waals surface area contributed by atoms with Crippen LogP contribution in [-0.2, 0) is 14.3 Å². The SMILES string of the molecule is O=COC1(NC(=O)c2cc(N3CCCC3=O)co2)CCCCC1. The minimum atomic E-state index is -0.951. The van der Waals surface area contributed by atoms with Crippen LogP contribution in [0.15, 0.2) is 16.7 Å². The van der Waals surface area contributed by atoms with Crippen molar-refractivity contribution in [1.82, 2.24) is 5.32 Å². The van der Waals surface area contributed by atoms with Gasteiger partial charge >= 0.3 is 0 Å². The summed E-state index contributed by atoms with van der Waals surface area (Å²) < 4.78 is 10.5. The standard InChI is InChI=1S/C16H20N2O5/c19-11-23-16(6-2-1-3-7-16)17-15(21)13-9-12(10-22-13)18-8-4-5-14(18)20/h9-11H,1-8H2,(H,17,21). The van der Waals surface area contributed by atoms with E-state index in [0.29, 0.717) is 38.0 Å². The molecular weight excluding hydrogens is 300 g/mol. The van der Waals surface area contributed by atoms with Crippen molar-refractivity contribution < 1.29 is 23.5 Å². The van der Waals surface area contributed by atoms with Gasteiger partial charge in [0.2, 0.25) is 5.91 Å². The molecule has 2 aliphatic rings. The predicted octanol–water partition coefficient (Wildman–Crippen LogP) is 1.97. The number of hydrogen-bond acceptors (Lipinski definition) is 5. The highest BCUT2D eigenvalue weighted by Gasteiger charge is 2.36. The largest absolute Gasteiger partial charge is 0.457 e. The molecule has 124 valence electrons. The second-order valence-electron chi connectivity index (χ2n) is 6.04. The molecule has 23 heavy (non-hydrogen) atoms. The summed E-state index contributed by atoms with van der Waals surface area (Å²) in [6.07, 6.45) is 6.75. The first-order valence-corrected chi connectivity index (χ1v) is 7.96.